The number of carbonyl (C=O) groups is 5. The molecule has 0 bridgehead atoms. The van der Waals surface area contributed by atoms with Gasteiger partial charge >= 0.3 is 17.9 Å². The van der Waals surface area contributed by atoms with Gasteiger partial charge in [0.2, 0.25) is 9.70 Å². The van der Waals surface area contributed by atoms with Gasteiger partial charge in [0.1, 0.15) is 30.5 Å². The van der Waals surface area contributed by atoms with Gasteiger partial charge in [-0.15, -0.1) is 0 Å². The molecule has 1 fully saturated rings. The average Bonchev–Trinajstić information content (AvgIpc) is 2.83. The minimum Gasteiger partial charge on any atom is -0.484 e. The number of carbonyl (C=O) groups excluding carboxylic acids is 3. The second-order valence-electron chi connectivity index (χ2n) is 7.95. The van der Waals surface area contributed by atoms with Crippen LogP contribution < -0.4 is 20.3 Å². The van der Waals surface area contributed by atoms with E-state index in [1.807, 2.05) is 10.3 Å². The summed E-state index contributed by atoms with van der Waals surface area (Å²) in [5.41, 5.74) is -3.84. The molecule has 38 heavy (non-hydrogen) atoms. The van der Waals surface area contributed by atoms with E-state index in [4.69, 9.17) is 44.3 Å². The van der Waals surface area contributed by atoms with Crippen LogP contribution in [0.2, 0.25) is 0 Å². The third-order valence-corrected chi connectivity index (χ3v) is 6.01. The lowest BCUT2D eigenvalue weighted by Gasteiger charge is -2.62. The quantitative estimate of drug-likeness (QED) is 0.0346. The Morgan fingerprint density at radius 3 is 2.21 bits per heavy atom. The molecule has 1 saturated heterocycles. The van der Waals surface area contributed by atoms with Crippen LogP contribution in [0.15, 0.2) is 42.5 Å². The van der Waals surface area contributed by atoms with Crippen molar-refractivity contribution in [2.75, 3.05) is 19.8 Å². The first-order valence-corrected chi connectivity index (χ1v) is 12.0. The summed E-state index contributed by atoms with van der Waals surface area (Å²) in [6.07, 6.45) is 0. The van der Waals surface area contributed by atoms with Crippen molar-refractivity contribution in [2.45, 2.75) is 27.8 Å². The van der Waals surface area contributed by atoms with Crippen LogP contribution in [0, 0.1) is 0 Å². The lowest BCUT2D eigenvalue weighted by molar-refractivity contribution is -0.191. The molecule has 5 N–H and O–H groups in total. The Morgan fingerprint density at radius 2 is 1.74 bits per heavy atom. The molecule has 0 unspecified atom stereocenters. The number of thiol groups is 1. The highest BCUT2D eigenvalue weighted by Gasteiger charge is 2.78. The highest BCUT2D eigenvalue weighted by atomic mass is 35.6. The van der Waals surface area contributed by atoms with Gasteiger partial charge in [-0.1, -0.05) is 72.4 Å². The van der Waals surface area contributed by atoms with Crippen molar-refractivity contribution in [3.8, 4) is 5.75 Å². The largest absolute Gasteiger partial charge is 0.484 e. The molecule has 0 radical (unpaired) electrons. The minimum absolute atomic E-state index is 0.235. The second-order valence-corrected chi connectivity index (χ2v) is 10.7. The van der Waals surface area contributed by atoms with E-state index in [1.54, 1.807) is 30.3 Å². The van der Waals surface area contributed by atoms with E-state index in [0.29, 0.717) is 10.6 Å². The number of benzene rings is 1. The first-order valence-electron chi connectivity index (χ1n) is 10.4. The monoisotopic (exact) mass is 612 g/mol. The normalized spacial score (nSPS) is 19.2. The van der Waals surface area contributed by atoms with Crippen molar-refractivity contribution in [1.82, 2.24) is 20.5 Å². The summed E-state index contributed by atoms with van der Waals surface area (Å²) >= 11 is 20.4. The molecule has 0 saturated carbocycles. The van der Waals surface area contributed by atoms with Crippen molar-refractivity contribution in [3.63, 3.8) is 0 Å². The first-order chi connectivity index (χ1) is 17.6. The molecular weight excluding hydrogens is 591 g/mol. The van der Waals surface area contributed by atoms with E-state index in [0.717, 1.165) is 0 Å². The van der Waals surface area contributed by atoms with E-state index >= 15 is 0 Å². The highest BCUT2D eigenvalue weighted by molar-refractivity contribution is 7.78. The van der Waals surface area contributed by atoms with Crippen LogP contribution in [-0.4, -0.2) is 85.5 Å². The number of rotatable bonds is 13. The van der Waals surface area contributed by atoms with Crippen LogP contribution in [0.3, 0.4) is 0 Å². The number of halogens is 3. The second kappa shape index (κ2) is 12.4. The van der Waals surface area contributed by atoms with Crippen LogP contribution in [0.25, 0.3) is 0 Å². The molecule has 17 heteroatoms. The van der Waals surface area contributed by atoms with Gasteiger partial charge in [-0.3, -0.25) is 14.4 Å². The van der Waals surface area contributed by atoms with Crippen LogP contribution in [0.1, 0.15) is 6.92 Å². The Balaban J connectivity index is 2.52. The molecule has 1 aromatic rings. The van der Waals surface area contributed by atoms with Gasteiger partial charge in [0, 0.05) is 0 Å². The van der Waals surface area contributed by atoms with Crippen molar-refractivity contribution in [1.29, 1.82) is 0 Å². The predicted octanol–water partition coefficient (Wildman–Crippen LogP) is 0.468. The minimum atomic E-state index is -3.14. The van der Waals surface area contributed by atoms with Gasteiger partial charge in [0.05, 0.1) is 0 Å². The molecule has 208 valence electrons. The summed E-state index contributed by atoms with van der Waals surface area (Å²) in [4.78, 5) is 66.0. The summed E-state index contributed by atoms with van der Waals surface area (Å²) < 4.78 is 8.16. The Kier molecular flexibility index (Phi) is 10.3. The number of esters is 1. The summed E-state index contributed by atoms with van der Waals surface area (Å²) in [5.74, 6) is -6.81. The van der Waals surface area contributed by atoms with E-state index < -0.39 is 70.4 Å². The highest BCUT2D eigenvalue weighted by Crippen LogP contribution is 2.47. The third kappa shape index (κ3) is 6.11. The van der Waals surface area contributed by atoms with Gasteiger partial charge in [-0.05, 0) is 24.6 Å². The topological polar surface area (TPSA) is 184 Å². The lowest BCUT2D eigenvalue weighted by atomic mass is 9.60. The van der Waals surface area contributed by atoms with E-state index in [-0.39, 0.29) is 5.57 Å². The number of para-hydroxylation sites is 1. The number of carboxylic acid groups (broad SMARTS) is 2. The summed E-state index contributed by atoms with van der Waals surface area (Å²) in [7, 11) is 0. The van der Waals surface area contributed by atoms with Crippen LogP contribution >= 0.6 is 47.6 Å². The summed E-state index contributed by atoms with van der Waals surface area (Å²) in [6.45, 7) is 2.56. The van der Waals surface area contributed by atoms with Gasteiger partial charge < -0.3 is 29.9 Å². The number of hydrazine groups is 1. The van der Waals surface area contributed by atoms with Crippen molar-refractivity contribution in [2.24, 2.45) is 0 Å². The van der Waals surface area contributed by atoms with Crippen molar-refractivity contribution >= 4 is 77.3 Å². The molecule has 0 spiro atoms. The number of ether oxygens (including phenoxy) is 2. The van der Waals surface area contributed by atoms with Crippen LogP contribution in [0.5, 0.6) is 5.75 Å². The number of nitrogens with zero attached hydrogens (tertiary/aromatic N) is 1. The lowest BCUT2D eigenvalue weighted by Crippen LogP contribution is -2.93. The molecule has 0 aliphatic carbocycles. The van der Waals surface area contributed by atoms with Crippen LogP contribution in [-0.2, 0) is 28.7 Å². The first kappa shape index (κ1) is 31.5. The molecule has 1 aromatic carbocycles. The zero-order valence-electron chi connectivity index (χ0n) is 19.6. The number of hydrogen-bond acceptors (Lipinski definition) is 10. The molecule has 0 aromatic heterocycles. The average molecular weight is 614 g/mol. The molecule has 2 atom stereocenters. The molecule has 1 aliphatic rings. The Bertz CT molecular complexity index is 1100. The Hall–Kier alpha value is -2.75. The third-order valence-electron chi connectivity index (χ3n) is 5.57. The molecule has 1 aliphatic heterocycles. The SMILES string of the molecule is C=C(C)[C@]1(C(NNS)(C(=O)O)C(=O)O)[C@@H](NC(=O)COc2ccccc2)C(=O)N1CC(=O)OCC(Cl)(Cl)Cl. The number of alkyl halides is 3. The predicted molar refractivity (Wildman–Crippen MR) is 138 cm³/mol. The summed E-state index contributed by atoms with van der Waals surface area (Å²) in [5, 5.41) is 22.5. The molecule has 1 heterocycles. The number of nitrogens with one attached hydrogen (secondary N) is 3. The van der Waals surface area contributed by atoms with E-state index in [2.05, 4.69) is 24.7 Å². The zero-order valence-corrected chi connectivity index (χ0v) is 22.7. The number of amides is 2. The Morgan fingerprint density at radius 1 is 1.16 bits per heavy atom. The fourth-order valence-electron chi connectivity index (χ4n) is 4.09. The summed E-state index contributed by atoms with van der Waals surface area (Å²) in [6, 6.07) is 6.30. The number of β-lactam (4-membered cyclic amide) rings is 1. The van der Waals surface area contributed by atoms with Gasteiger partial charge in [-0.2, -0.15) is 0 Å². The fraction of sp³-hybridized carbons (Fsp3) is 0.381. The van der Waals surface area contributed by atoms with Gasteiger partial charge in [0.25, 0.3) is 11.4 Å². The maximum atomic E-state index is 13.2. The number of carboxylic acids is 2. The molecule has 13 nitrogen and oxygen atoms in total. The standard InChI is InChI=1S/C21H23Cl3N4O9S/c1-11(2)21(20(17(32)33,18(34)35)26-27-38)15(25-13(29)9-36-12-6-4-3-5-7-12)16(31)28(21)8-14(30)37-10-19(22,23)24/h3-7,15,26-27,38H,1,8-10H2,2H3,(H,25,29)(H,32,33)(H,34,35)/t15-,21+/m0/s1. The maximum absolute atomic E-state index is 13.2. The zero-order chi connectivity index (χ0) is 28.9. The number of aliphatic carboxylic acids is 2. The van der Waals surface area contributed by atoms with Crippen molar-refractivity contribution < 1.29 is 43.7 Å². The van der Waals surface area contributed by atoms with E-state index in [1.165, 1.54) is 6.92 Å². The fourth-order valence-corrected chi connectivity index (χ4v) is 4.42. The smallest absolute Gasteiger partial charge is 0.339 e. The molecule has 2 amide bonds. The molecule has 2 rings (SSSR count). The number of hydrogen-bond donors (Lipinski definition) is 6. The molecular formula is C21H23Cl3N4O9S. The van der Waals surface area contributed by atoms with Gasteiger partial charge in [0.15, 0.2) is 6.61 Å². The van der Waals surface area contributed by atoms with Crippen molar-refractivity contribution in [3.05, 3.63) is 42.5 Å². The Labute approximate surface area is 236 Å². The van der Waals surface area contributed by atoms with Crippen LogP contribution in [0.4, 0.5) is 0 Å². The van der Waals surface area contributed by atoms with E-state index in [9.17, 15) is 34.2 Å². The maximum Gasteiger partial charge on any atom is 0.339 e. The number of likely N-dealkylation sites (tertiary alicyclic amines) is 1. The van der Waals surface area contributed by atoms with Gasteiger partial charge in [-0.25, -0.2) is 19.8 Å².